The second-order valence-corrected chi connectivity index (χ2v) is 11.1. The SMILES string of the molecule is CC(C)(C)c1ccc(CN(CCc2ccc(F)cc2)C(=O)c2cccc3c4c([nH]c23)CCCC4)cc1. The van der Waals surface area contributed by atoms with E-state index in [1.807, 2.05) is 17.0 Å². The third kappa shape index (κ3) is 5.09. The first kappa shape index (κ1) is 24.3. The number of fused-ring (bicyclic) bond motifs is 3. The first-order chi connectivity index (χ1) is 17.3. The highest BCUT2D eigenvalue weighted by Crippen LogP contribution is 2.31. The van der Waals surface area contributed by atoms with Crippen LogP contribution < -0.4 is 0 Å². The van der Waals surface area contributed by atoms with E-state index in [0.29, 0.717) is 19.5 Å². The minimum absolute atomic E-state index is 0.0289. The van der Waals surface area contributed by atoms with E-state index in [1.165, 1.54) is 47.2 Å². The van der Waals surface area contributed by atoms with Crippen LogP contribution in [0.15, 0.2) is 66.7 Å². The molecule has 0 unspecified atom stereocenters. The molecule has 1 aliphatic rings. The van der Waals surface area contributed by atoms with E-state index < -0.39 is 0 Å². The summed E-state index contributed by atoms with van der Waals surface area (Å²) in [5.74, 6) is -0.214. The lowest BCUT2D eigenvalue weighted by atomic mass is 9.87. The van der Waals surface area contributed by atoms with Crippen molar-refractivity contribution in [3.63, 3.8) is 0 Å². The number of halogens is 1. The number of nitrogens with zero attached hydrogens (tertiary/aromatic N) is 1. The van der Waals surface area contributed by atoms with Gasteiger partial charge in [0.1, 0.15) is 5.82 Å². The lowest BCUT2D eigenvalue weighted by Crippen LogP contribution is -2.32. The Bertz CT molecular complexity index is 1360. The van der Waals surface area contributed by atoms with Crippen molar-refractivity contribution in [2.45, 2.75) is 64.8 Å². The molecule has 3 aromatic carbocycles. The van der Waals surface area contributed by atoms with E-state index in [-0.39, 0.29) is 17.1 Å². The maximum Gasteiger partial charge on any atom is 0.256 e. The predicted octanol–water partition coefficient (Wildman–Crippen LogP) is 7.37. The van der Waals surface area contributed by atoms with Crippen LogP contribution in [0.4, 0.5) is 4.39 Å². The number of nitrogens with one attached hydrogen (secondary N) is 1. The summed E-state index contributed by atoms with van der Waals surface area (Å²) in [4.78, 5) is 19.6. The molecule has 1 amide bonds. The average Bonchev–Trinajstić information content (AvgIpc) is 3.26. The Morgan fingerprint density at radius 3 is 2.33 bits per heavy atom. The molecule has 0 fully saturated rings. The van der Waals surface area contributed by atoms with Crippen LogP contribution in [0, 0.1) is 5.82 Å². The van der Waals surface area contributed by atoms with Crippen LogP contribution in [0.1, 0.15) is 71.9 Å². The second kappa shape index (κ2) is 9.93. The van der Waals surface area contributed by atoms with Crippen molar-refractivity contribution in [1.29, 1.82) is 0 Å². The monoisotopic (exact) mass is 482 g/mol. The molecular weight excluding hydrogens is 447 g/mol. The normalized spacial score (nSPS) is 13.6. The van der Waals surface area contributed by atoms with Crippen LogP contribution in [0.3, 0.4) is 0 Å². The predicted molar refractivity (Wildman–Crippen MR) is 145 cm³/mol. The van der Waals surface area contributed by atoms with Crippen LogP contribution in [0.5, 0.6) is 0 Å². The molecule has 0 saturated heterocycles. The van der Waals surface area contributed by atoms with Crippen molar-refractivity contribution in [3.05, 3.63) is 106 Å². The summed E-state index contributed by atoms with van der Waals surface area (Å²) in [6, 6.07) is 21.3. The van der Waals surface area contributed by atoms with Gasteiger partial charge in [-0.15, -0.1) is 0 Å². The van der Waals surface area contributed by atoms with Crippen molar-refractivity contribution in [3.8, 4) is 0 Å². The molecule has 0 radical (unpaired) electrons. The summed E-state index contributed by atoms with van der Waals surface area (Å²) < 4.78 is 13.4. The number of aryl methyl sites for hydroxylation is 2. The van der Waals surface area contributed by atoms with Gasteiger partial charge < -0.3 is 9.88 Å². The molecule has 36 heavy (non-hydrogen) atoms. The van der Waals surface area contributed by atoms with Crippen molar-refractivity contribution in [2.75, 3.05) is 6.54 Å². The zero-order chi connectivity index (χ0) is 25.3. The number of carbonyl (C=O) groups excluding carboxylic acids is 1. The Balaban J connectivity index is 1.46. The third-order valence-electron chi connectivity index (χ3n) is 7.43. The van der Waals surface area contributed by atoms with E-state index in [9.17, 15) is 9.18 Å². The number of hydrogen-bond donors (Lipinski definition) is 1. The Hall–Kier alpha value is -3.40. The maximum absolute atomic E-state index is 14.0. The number of benzene rings is 3. The molecule has 3 nitrogen and oxygen atoms in total. The molecule has 5 rings (SSSR count). The standard InChI is InChI=1S/C32H35FN2O/c1-32(2,3)24-15-11-23(12-16-24)21-35(20-19-22-13-17-25(33)18-14-22)31(36)28-9-6-8-27-26-7-4-5-10-29(26)34-30(27)28/h6,8-9,11-18,34H,4-5,7,10,19-21H2,1-3H3. The van der Waals surface area contributed by atoms with E-state index >= 15 is 0 Å². The molecular formula is C32H35FN2O. The van der Waals surface area contributed by atoms with E-state index in [1.54, 1.807) is 12.1 Å². The van der Waals surface area contributed by atoms with Gasteiger partial charge in [0.05, 0.1) is 11.1 Å². The zero-order valence-electron chi connectivity index (χ0n) is 21.5. The fourth-order valence-corrected chi connectivity index (χ4v) is 5.28. The van der Waals surface area contributed by atoms with Crippen LogP contribution in [0.2, 0.25) is 0 Å². The number of aromatic amines is 1. The molecule has 4 heteroatoms. The second-order valence-electron chi connectivity index (χ2n) is 11.1. The fraction of sp³-hybridized carbons (Fsp3) is 0.344. The first-order valence-corrected chi connectivity index (χ1v) is 13.1. The summed E-state index contributed by atoms with van der Waals surface area (Å²) >= 11 is 0. The Labute approximate surface area is 213 Å². The topological polar surface area (TPSA) is 36.1 Å². The van der Waals surface area contributed by atoms with Crippen LogP contribution in [-0.4, -0.2) is 22.3 Å². The maximum atomic E-state index is 14.0. The van der Waals surface area contributed by atoms with E-state index in [0.717, 1.165) is 35.0 Å². The van der Waals surface area contributed by atoms with Crippen molar-refractivity contribution >= 4 is 16.8 Å². The minimum Gasteiger partial charge on any atom is -0.358 e. The Morgan fingerprint density at radius 1 is 0.917 bits per heavy atom. The van der Waals surface area contributed by atoms with Crippen molar-refractivity contribution in [2.24, 2.45) is 0 Å². The lowest BCUT2D eigenvalue weighted by molar-refractivity contribution is 0.0747. The molecule has 0 saturated carbocycles. The van der Waals surface area contributed by atoms with E-state index in [2.05, 4.69) is 56.1 Å². The van der Waals surface area contributed by atoms with Gasteiger partial charge in [-0.1, -0.05) is 69.3 Å². The summed E-state index contributed by atoms with van der Waals surface area (Å²) in [6.45, 7) is 7.70. The highest BCUT2D eigenvalue weighted by molar-refractivity contribution is 6.06. The molecule has 0 aliphatic heterocycles. The van der Waals surface area contributed by atoms with Crippen LogP contribution in [-0.2, 0) is 31.2 Å². The van der Waals surface area contributed by atoms with Gasteiger partial charge in [0.25, 0.3) is 5.91 Å². The molecule has 0 spiro atoms. The average molecular weight is 483 g/mol. The van der Waals surface area contributed by atoms with Gasteiger partial charge in [0.2, 0.25) is 0 Å². The summed E-state index contributed by atoms with van der Waals surface area (Å²) in [5, 5.41) is 1.18. The van der Waals surface area contributed by atoms with Crippen LogP contribution >= 0.6 is 0 Å². The lowest BCUT2D eigenvalue weighted by Gasteiger charge is -2.24. The number of carbonyl (C=O) groups is 1. The third-order valence-corrected chi connectivity index (χ3v) is 7.43. The van der Waals surface area contributed by atoms with Crippen LogP contribution in [0.25, 0.3) is 10.9 Å². The minimum atomic E-state index is -0.243. The molecule has 4 aromatic rings. The quantitative estimate of drug-likeness (QED) is 0.306. The van der Waals surface area contributed by atoms with Gasteiger partial charge in [-0.2, -0.15) is 0 Å². The zero-order valence-corrected chi connectivity index (χ0v) is 21.5. The van der Waals surface area contributed by atoms with Gasteiger partial charge in [0, 0.05) is 24.2 Å². The summed E-state index contributed by atoms with van der Waals surface area (Å²) in [6.07, 6.45) is 5.18. The van der Waals surface area contributed by atoms with E-state index in [4.69, 9.17) is 0 Å². The number of H-pyrrole nitrogens is 1. The molecule has 1 aliphatic carbocycles. The summed E-state index contributed by atoms with van der Waals surface area (Å²) in [7, 11) is 0. The fourth-order valence-electron chi connectivity index (χ4n) is 5.28. The molecule has 0 bridgehead atoms. The van der Waals surface area contributed by atoms with Gasteiger partial charge in [-0.25, -0.2) is 4.39 Å². The van der Waals surface area contributed by atoms with Crippen molar-refractivity contribution in [1.82, 2.24) is 9.88 Å². The number of amides is 1. The largest absolute Gasteiger partial charge is 0.358 e. The number of rotatable bonds is 6. The number of para-hydroxylation sites is 1. The van der Waals surface area contributed by atoms with Gasteiger partial charge in [0.15, 0.2) is 0 Å². The first-order valence-electron chi connectivity index (χ1n) is 13.1. The van der Waals surface area contributed by atoms with Gasteiger partial charge in [-0.05, 0) is 78.0 Å². The Morgan fingerprint density at radius 2 is 1.61 bits per heavy atom. The number of hydrogen-bond acceptors (Lipinski definition) is 1. The highest BCUT2D eigenvalue weighted by atomic mass is 19.1. The smallest absolute Gasteiger partial charge is 0.256 e. The summed E-state index contributed by atoms with van der Waals surface area (Å²) in [5.41, 5.74) is 7.83. The number of aromatic nitrogens is 1. The Kier molecular flexibility index (Phi) is 6.70. The molecule has 1 N–H and O–H groups in total. The highest BCUT2D eigenvalue weighted by Gasteiger charge is 2.23. The van der Waals surface area contributed by atoms with Gasteiger partial charge in [-0.3, -0.25) is 4.79 Å². The molecule has 1 aromatic heterocycles. The van der Waals surface area contributed by atoms with Crippen molar-refractivity contribution < 1.29 is 9.18 Å². The molecule has 1 heterocycles. The molecule has 186 valence electrons. The van der Waals surface area contributed by atoms with Gasteiger partial charge >= 0.3 is 0 Å². The molecule has 0 atom stereocenters.